The number of nitrogens with one attached hydrogen (secondary N) is 2. The SMILES string of the molecule is Cn1ncc(C2CCC3C(=O)NNC(CN)C3C2)c1-c1ccc(C2CC2)cc1C#N. The van der Waals surface area contributed by atoms with E-state index in [1.165, 1.54) is 24.0 Å². The number of aryl methyl sites for hydroxylation is 1. The minimum Gasteiger partial charge on any atom is -0.329 e. The van der Waals surface area contributed by atoms with Gasteiger partial charge in [0.15, 0.2) is 0 Å². The van der Waals surface area contributed by atoms with Gasteiger partial charge in [0, 0.05) is 36.7 Å². The highest BCUT2D eigenvalue weighted by Crippen LogP contribution is 2.46. The van der Waals surface area contributed by atoms with Crippen LogP contribution in [0.25, 0.3) is 11.3 Å². The van der Waals surface area contributed by atoms with Crippen molar-refractivity contribution in [3.05, 3.63) is 41.1 Å². The molecule has 1 amide bonds. The molecule has 5 rings (SSSR count). The van der Waals surface area contributed by atoms with Crippen molar-refractivity contribution in [2.45, 2.75) is 50.0 Å². The van der Waals surface area contributed by atoms with Crippen molar-refractivity contribution in [2.75, 3.05) is 6.54 Å². The van der Waals surface area contributed by atoms with Crippen molar-refractivity contribution >= 4 is 5.91 Å². The number of carbonyl (C=O) groups is 1. The summed E-state index contributed by atoms with van der Waals surface area (Å²) in [6.07, 6.45) is 7.06. The van der Waals surface area contributed by atoms with Crippen molar-refractivity contribution in [3.63, 3.8) is 0 Å². The van der Waals surface area contributed by atoms with Crippen molar-refractivity contribution < 1.29 is 4.79 Å². The van der Waals surface area contributed by atoms with Gasteiger partial charge in [-0.25, -0.2) is 5.43 Å². The molecule has 156 valence electrons. The largest absolute Gasteiger partial charge is 0.329 e. The van der Waals surface area contributed by atoms with Crippen LogP contribution in [0.3, 0.4) is 0 Å². The third-order valence-corrected chi connectivity index (χ3v) is 7.26. The number of hydrazine groups is 1. The van der Waals surface area contributed by atoms with Crippen molar-refractivity contribution in [3.8, 4) is 17.3 Å². The average Bonchev–Trinajstić information content (AvgIpc) is 3.55. The van der Waals surface area contributed by atoms with Gasteiger partial charge in [0.2, 0.25) is 5.91 Å². The molecule has 7 nitrogen and oxygen atoms in total. The topological polar surface area (TPSA) is 109 Å². The average molecular weight is 405 g/mol. The number of fused-ring (bicyclic) bond motifs is 1. The number of carbonyl (C=O) groups excluding carboxylic acids is 1. The number of benzene rings is 1. The molecule has 7 heteroatoms. The monoisotopic (exact) mass is 404 g/mol. The lowest BCUT2D eigenvalue weighted by molar-refractivity contribution is -0.133. The van der Waals surface area contributed by atoms with Crippen LogP contribution in [-0.2, 0) is 11.8 Å². The summed E-state index contributed by atoms with van der Waals surface area (Å²) in [4.78, 5) is 12.3. The second kappa shape index (κ2) is 7.53. The molecule has 1 saturated heterocycles. The van der Waals surface area contributed by atoms with Crippen LogP contribution in [0.2, 0.25) is 0 Å². The Labute approximate surface area is 176 Å². The Kier molecular flexibility index (Phi) is 4.84. The van der Waals surface area contributed by atoms with Crippen LogP contribution < -0.4 is 16.6 Å². The van der Waals surface area contributed by atoms with E-state index in [1.54, 1.807) is 0 Å². The summed E-state index contributed by atoms with van der Waals surface area (Å²) in [7, 11) is 1.94. The van der Waals surface area contributed by atoms with Crippen LogP contribution in [0.4, 0.5) is 0 Å². The Bertz CT molecular complexity index is 1020. The van der Waals surface area contributed by atoms with Crippen LogP contribution in [0.5, 0.6) is 0 Å². The molecular weight excluding hydrogens is 376 g/mol. The minimum absolute atomic E-state index is 0.0173. The standard InChI is InChI=1S/C23H28N6O/c1-29-22(17-6-4-14(13-2-3-13)8-16(17)10-24)20(12-26-29)15-5-7-18-19(9-15)21(11-25)27-28-23(18)30/h4,6,8,12-13,15,18-19,21,27H,2-3,5,7,9,11,25H2,1H3,(H,28,30). The van der Waals surface area contributed by atoms with Crippen LogP contribution >= 0.6 is 0 Å². The second-order valence-corrected chi connectivity index (χ2v) is 9.02. The molecule has 1 aliphatic heterocycles. The zero-order valence-electron chi connectivity index (χ0n) is 17.3. The molecule has 0 radical (unpaired) electrons. The molecule has 4 unspecified atom stereocenters. The van der Waals surface area contributed by atoms with Crippen molar-refractivity contribution in [1.29, 1.82) is 5.26 Å². The van der Waals surface area contributed by atoms with Crippen molar-refractivity contribution in [1.82, 2.24) is 20.6 Å². The number of rotatable bonds is 4. The van der Waals surface area contributed by atoms with Gasteiger partial charge in [-0.15, -0.1) is 0 Å². The maximum Gasteiger partial charge on any atom is 0.237 e. The number of hydrogen-bond donors (Lipinski definition) is 3. The predicted molar refractivity (Wildman–Crippen MR) is 113 cm³/mol. The molecule has 0 spiro atoms. The normalized spacial score (nSPS) is 28.5. The zero-order chi connectivity index (χ0) is 20.8. The molecule has 2 heterocycles. The minimum atomic E-state index is 0.0173. The molecule has 4 atom stereocenters. The summed E-state index contributed by atoms with van der Waals surface area (Å²) >= 11 is 0. The Hall–Kier alpha value is -2.69. The van der Waals surface area contributed by atoms with Crippen LogP contribution in [-0.4, -0.2) is 28.3 Å². The molecule has 0 bridgehead atoms. The number of amides is 1. The Morgan fingerprint density at radius 2 is 2.07 bits per heavy atom. The van der Waals surface area contributed by atoms with Crippen LogP contribution in [0.1, 0.15) is 60.6 Å². The van der Waals surface area contributed by atoms with Gasteiger partial charge in [-0.2, -0.15) is 10.4 Å². The van der Waals surface area contributed by atoms with Crippen molar-refractivity contribution in [2.24, 2.45) is 24.6 Å². The summed E-state index contributed by atoms with van der Waals surface area (Å²) in [6, 6.07) is 8.82. The molecule has 1 aromatic heterocycles. The van der Waals surface area contributed by atoms with E-state index in [0.29, 0.717) is 18.4 Å². The molecule has 3 fully saturated rings. The second-order valence-electron chi connectivity index (χ2n) is 9.02. The Morgan fingerprint density at radius 3 is 2.80 bits per heavy atom. The molecule has 2 aliphatic carbocycles. The van der Waals surface area contributed by atoms with E-state index in [9.17, 15) is 10.1 Å². The van der Waals surface area contributed by atoms with Gasteiger partial charge in [0.25, 0.3) is 0 Å². The van der Waals surface area contributed by atoms with Gasteiger partial charge in [0.05, 0.1) is 23.5 Å². The molecule has 3 aliphatic rings. The van der Waals surface area contributed by atoms with E-state index in [2.05, 4.69) is 40.2 Å². The number of hydrogen-bond acceptors (Lipinski definition) is 5. The maximum atomic E-state index is 12.3. The number of nitrogens with zero attached hydrogens (tertiary/aromatic N) is 3. The van der Waals surface area contributed by atoms with Gasteiger partial charge in [0.1, 0.15) is 0 Å². The summed E-state index contributed by atoms with van der Waals surface area (Å²) < 4.78 is 1.89. The smallest absolute Gasteiger partial charge is 0.237 e. The molecule has 1 aromatic carbocycles. The molecule has 2 aromatic rings. The fourth-order valence-corrected chi connectivity index (χ4v) is 5.47. The Balaban J connectivity index is 1.49. The van der Waals surface area contributed by atoms with E-state index in [1.807, 2.05) is 17.9 Å². The lowest BCUT2D eigenvalue weighted by atomic mass is 9.68. The first-order valence-corrected chi connectivity index (χ1v) is 10.9. The first-order chi connectivity index (χ1) is 14.6. The fourth-order valence-electron chi connectivity index (χ4n) is 5.47. The highest BCUT2D eigenvalue weighted by atomic mass is 16.2. The lowest BCUT2D eigenvalue weighted by Crippen LogP contribution is -2.62. The molecular formula is C23H28N6O. The maximum absolute atomic E-state index is 12.3. The van der Waals surface area contributed by atoms with Crippen LogP contribution in [0.15, 0.2) is 24.4 Å². The van der Waals surface area contributed by atoms with E-state index in [4.69, 9.17) is 5.73 Å². The highest BCUT2D eigenvalue weighted by Gasteiger charge is 2.43. The first-order valence-electron chi connectivity index (χ1n) is 10.9. The van der Waals surface area contributed by atoms with E-state index < -0.39 is 0 Å². The lowest BCUT2D eigenvalue weighted by Gasteiger charge is -2.43. The third kappa shape index (κ3) is 3.21. The van der Waals surface area contributed by atoms with E-state index in [-0.39, 0.29) is 23.8 Å². The highest BCUT2D eigenvalue weighted by molar-refractivity contribution is 5.79. The van der Waals surface area contributed by atoms with Gasteiger partial charge < -0.3 is 5.73 Å². The Morgan fingerprint density at radius 1 is 1.27 bits per heavy atom. The number of nitrogens with two attached hydrogens (primary N) is 1. The fraction of sp³-hybridized carbons (Fsp3) is 0.522. The zero-order valence-corrected chi connectivity index (χ0v) is 17.3. The van der Waals surface area contributed by atoms with Gasteiger partial charge in [-0.3, -0.25) is 14.9 Å². The molecule has 4 N–H and O–H groups in total. The molecule has 30 heavy (non-hydrogen) atoms. The van der Waals surface area contributed by atoms with Gasteiger partial charge >= 0.3 is 0 Å². The quantitative estimate of drug-likeness (QED) is 0.724. The van der Waals surface area contributed by atoms with Crippen LogP contribution in [0, 0.1) is 23.2 Å². The number of aromatic nitrogens is 2. The summed E-state index contributed by atoms with van der Waals surface area (Å²) in [5, 5.41) is 14.4. The first kappa shape index (κ1) is 19.3. The predicted octanol–water partition coefficient (Wildman–Crippen LogP) is 2.30. The molecule has 2 saturated carbocycles. The van der Waals surface area contributed by atoms with Gasteiger partial charge in [-0.1, -0.05) is 12.1 Å². The number of nitriles is 1. The summed E-state index contributed by atoms with van der Waals surface area (Å²) in [5.74, 6) is 1.22. The third-order valence-electron chi connectivity index (χ3n) is 7.26. The van der Waals surface area contributed by atoms with E-state index in [0.717, 1.165) is 36.1 Å². The summed E-state index contributed by atoms with van der Waals surface area (Å²) in [6.45, 7) is 0.495. The summed E-state index contributed by atoms with van der Waals surface area (Å²) in [5.41, 5.74) is 17.0. The van der Waals surface area contributed by atoms with Gasteiger partial charge in [-0.05, 0) is 61.5 Å². The van der Waals surface area contributed by atoms with E-state index >= 15 is 0 Å².